The normalized spacial score (nSPS) is 14.0. The van der Waals surface area contributed by atoms with Crippen LogP contribution >= 0.6 is 7.82 Å². The van der Waals surface area contributed by atoms with Crippen molar-refractivity contribution < 1.29 is 47.2 Å². The molecule has 2 N–H and O–H groups in total. The summed E-state index contributed by atoms with van der Waals surface area (Å²) in [7, 11) is -2.32. The van der Waals surface area contributed by atoms with Gasteiger partial charge < -0.3 is 19.1 Å². The predicted octanol–water partition coefficient (Wildman–Crippen LogP) is -1.60. The minimum atomic E-state index is -5.18. The Morgan fingerprint density at radius 3 is 1.76 bits per heavy atom. The molecule has 122 valence electrons. The third kappa shape index (κ3) is 5.78. The lowest BCUT2D eigenvalue weighted by Crippen LogP contribution is -2.47. The Morgan fingerprint density at radius 1 is 1.05 bits per heavy atom. The number of ether oxygens (including phenoxy) is 3. The summed E-state index contributed by atoms with van der Waals surface area (Å²) in [6, 6.07) is 0. The van der Waals surface area contributed by atoms with Crippen molar-refractivity contribution in [3.63, 3.8) is 0 Å². The van der Waals surface area contributed by atoms with Gasteiger partial charge in [-0.3, -0.25) is 18.7 Å². The van der Waals surface area contributed by atoms with Gasteiger partial charge in [0, 0.05) is 0 Å². The van der Waals surface area contributed by atoms with E-state index < -0.39 is 44.2 Å². The van der Waals surface area contributed by atoms with Crippen molar-refractivity contribution in [3.05, 3.63) is 0 Å². The molecule has 0 rings (SSSR count). The first-order valence-electron chi connectivity index (χ1n) is 5.28. The molecule has 0 bridgehead atoms. The first-order valence-corrected chi connectivity index (χ1v) is 6.74. The predicted molar refractivity (Wildman–Crippen MR) is 62.0 cm³/mol. The van der Waals surface area contributed by atoms with Crippen LogP contribution in [0.3, 0.4) is 0 Å². The second-order valence-corrected chi connectivity index (χ2v) is 4.92. The average Bonchev–Trinajstić information content (AvgIpc) is 2.45. The topological polar surface area (TPSA) is 164 Å². The number of esters is 3. The average molecular weight is 328 g/mol. The first-order chi connectivity index (χ1) is 9.66. The molecule has 21 heavy (non-hydrogen) atoms. The molecule has 0 aliphatic carbocycles. The fourth-order valence-corrected chi connectivity index (χ4v) is 2.02. The van der Waals surface area contributed by atoms with Gasteiger partial charge >= 0.3 is 17.9 Å². The lowest BCUT2D eigenvalue weighted by molar-refractivity contribution is -0.240. The zero-order valence-electron chi connectivity index (χ0n) is 11.5. The quantitative estimate of drug-likeness (QED) is 0.236. The molecule has 11 nitrogen and oxygen atoms in total. The van der Waals surface area contributed by atoms with Crippen LogP contribution < -0.4 is 10.8 Å². The maximum absolute atomic E-state index is 11.8. The van der Waals surface area contributed by atoms with E-state index in [1.54, 1.807) is 0 Å². The summed E-state index contributed by atoms with van der Waals surface area (Å²) in [6.45, 7) is 0. The van der Waals surface area contributed by atoms with Crippen LogP contribution in [0.2, 0.25) is 0 Å². The second kappa shape index (κ2) is 8.05. The molecule has 12 heteroatoms. The van der Waals surface area contributed by atoms with Crippen LogP contribution in [-0.4, -0.2) is 44.8 Å². The Balaban J connectivity index is 5.70. The van der Waals surface area contributed by atoms with Gasteiger partial charge in [-0.25, -0.2) is 15.3 Å². The number of carbonyl (C=O) groups excluding carboxylic acids is 3. The van der Waals surface area contributed by atoms with Gasteiger partial charge in [0.2, 0.25) is 0 Å². The Hall–Kier alpha value is -1.52. The van der Waals surface area contributed by atoms with E-state index in [0.29, 0.717) is 0 Å². The molecular formula is C9H15NO10P-. The van der Waals surface area contributed by atoms with Crippen LogP contribution in [0.1, 0.15) is 12.8 Å². The lowest BCUT2D eigenvalue weighted by atomic mass is 9.95. The van der Waals surface area contributed by atoms with Crippen molar-refractivity contribution >= 4 is 25.7 Å². The van der Waals surface area contributed by atoms with E-state index in [9.17, 15) is 23.8 Å². The minimum Gasteiger partial charge on any atom is -0.755 e. The second-order valence-electron chi connectivity index (χ2n) is 3.64. The van der Waals surface area contributed by atoms with Crippen molar-refractivity contribution in [1.29, 1.82) is 0 Å². The minimum absolute atomic E-state index is 0.897. The number of phosphoric ester groups is 1. The Morgan fingerprint density at radius 2 is 1.48 bits per heavy atom. The van der Waals surface area contributed by atoms with Crippen LogP contribution in [0.15, 0.2) is 0 Å². The molecular weight excluding hydrogens is 313 g/mol. The van der Waals surface area contributed by atoms with Crippen LogP contribution in [0, 0.1) is 0 Å². The molecule has 0 heterocycles. The van der Waals surface area contributed by atoms with Crippen LogP contribution in [0.4, 0.5) is 0 Å². The summed E-state index contributed by atoms with van der Waals surface area (Å²) in [5.74, 6) is 1.09. The van der Waals surface area contributed by atoms with Crippen molar-refractivity contribution in [1.82, 2.24) is 0 Å². The molecule has 1 unspecified atom stereocenters. The van der Waals surface area contributed by atoms with E-state index in [4.69, 9.17) is 0 Å². The van der Waals surface area contributed by atoms with Gasteiger partial charge in [0.25, 0.3) is 7.82 Å². The molecule has 0 aromatic rings. The molecule has 0 amide bonds. The third-order valence-corrected chi connectivity index (χ3v) is 3.12. The summed E-state index contributed by atoms with van der Waals surface area (Å²) in [5.41, 5.74) is -2.55. The number of methoxy groups -OCH3 is 3. The molecule has 0 aromatic carbocycles. The monoisotopic (exact) mass is 328 g/mol. The molecule has 0 aliphatic rings. The number of phosphoric acid groups is 1. The van der Waals surface area contributed by atoms with E-state index >= 15 is 0 Å². The number of nitrogens with two attached hydrogens (primary N) is 1. The number of carbonyl (C=O) groups is 3. The summed E-state index contributed by atoms with van der Waals surface area (Å²) < 4.78 is 32.4. The highest BCUT2D eigenvalue weighted by Gasteiger charge is 2.48. The summed E-state index contributed by atoms with van der Waals surface area (Å²) >= 11 is 0. The van der Waals surface area contributed by atoms with E-state index in [0.717, 1.165) is 21.3 Å². The maximum Gasteiger partial charge on any atom is 0.339 e. The molecule has 0 aromatic heterocycles. The summed E-state index contributed by atoms with van der Waals surface area (Å²) in [5, 5.41) is 0. The van der Waals surface area contributed by atoms with Crippen LogP contribution in [0.5, 0.6) is 0 Å². The Kier molecular flexibility index (Phi) is 7.47. The molecule has 0 fully saturated rings. The van der Waals surface area contributed by atoms with Gasteiger partial charge in [-0.2, -0.15) is 0 Å². The van der Waals surface area contributed by atoms with E-state index in [-0.39, 0.29) is 0 Å². The van der Waals surface area contributed by atoms with Gasteiger partial charge in [-0.05, 0) is 0 Å². The highest BCUT2D eigenvalue weighted by molar-refractivity contribution is 7.45. The van der Waals surface area contributed by atoms with Gasteiger partial charge in [0.1, 0.15) is 0 Å². The fraction of sp³-hybridized carbons (Fsp3) is 0.667. The Bertz CT molecular complexity index is 432. The standard InChI is InChI=1S/C9H16NO10P/c1-16-6(11)4-9(8(13)18-3,5-7(12)17-2)19-21(14,15)20-10/h4-5,10H2,1-3H3,(H,14,15)/p-1. The van der Waals surface area contributed by atoms with E-state index in [2.05, 4.69) is 29.3 Å². The first kappa shape index (κ1) is 19.5. The van der Waals surface area contributed by atoms with Crippen molar-refractivity contribution in [3.8, 4) is 0 Å². The fourth-order valence-electron chi connectivity index (χ4n) is 1.34. The SMILES string of the molecule is COC(=O)CC(CC(=O)OC)(OP(=O)([O-])ON)C(=O)OC. The van der Waals surface area contributed by atoms with Crippen LogP contribution in [0.25, 0.3) is 0 Å². The highest BCUT2D eigenvalue weighted by Crippen LogP contribution is 2.44. The van der Waals surface area contributed by atoms with Gasteiger partial charge in [-0.1, -0.05) is 0 Å². The zero-order valence-corrected chi connectivity index (χ0v) is 12.4. The summed E-state index contributed by atoms with van der Waals surface area (Å²) in [6.07, 6.45) is -1.89. The number of hydrogen-bond acceptors (Lipinski definition) is 11. The Labute approximate surface area is 119 Å². The number of hydrogen-bond donors (Lipinski definition) is 1. The lowest BCUT2D eigenvalue weighted by Gasteiger charge is -2.33. The van der Waals surface area contributed by atoms with E-state index in [1.807, 2.05) is 0 Å². The van der Waals surface area contributed by atoms with Crippen molar-refractivity contribution in [2.45, 2.75) is 18.4 Å². The van der Waals surface area contributed by atoms with Gasteiger partial charge in [0.15, 0.2) is 5.60 Å². The molecule has 0 spiro atoms. The molecule has 0 saturated heterocycles. The molecule has 1 atom stereocenters. The maximum atomic E-state index is 11.8. The zero-order chi connectivity index (χ0) is 16.7. The smallest absolute Gasteiger partial charge is 0.339 e. The van der Waals surface area contributed by atoms with Gasteiger partial charge in [-0.15, -0.1) is 0 Å². The number of rotatable bonds is 8. The van der Waals surface area contributed by atoms with E-state index in [1.165, 1.54) is 0 Å². The molecule has 0 aliphatic heterocycles. The highest BCUT2D eigenvalue weighted by atomic mass is 31.2. The molecule has 0 saturated carbocycles. The molecule has 0 radical (unpaired) electrons. The summed E-state index contributed by atoms with van der Waals surface area (Å²) in [4.78, 5) is 45.9. The van der Waals surface area contributed by atoms with Crippen molar-refractivity contribution in [2.75, 3.05) is 21.3 Å². The third-order valence-electron chi connectivity index (χ3n) is 2.29. The van der Waals surface area contributed by atoms with Crippen LogP contribution in [-0.2, 0) is 42.3 Å². The largest absolute Gasteiger partial charge is 0.755 e. The van der Waals surface area contributed by atoms with Gasteiger partial charge in [0.05, 0.1) is 34.2 Å². The van der Waals surface area contributed by atoms with Crippen molar-refractivity contribution in [2.24, 2.45) is 5.90 Å².